The second kappa shape index (κ2) is 47.5. The third kappa shape index (κ3) is 37.7. The molecule has 390 valence electrons. The summed E-state index contributed by atoms with van der Waals surface area (Å²) < 4.78 is 24.0. The van der Waals surface area contributed by atoms with Crippen LogP contribution in [-0.4, -0.2) is 112 Å². The number of hydrogen-bond acceptors (Lipinski definition) is 8. The van der Waals surface area contributed by atoms with Crippen molar-refractivity contribution in [3.63, 3.8) is 0 Å². The second-order valence-electron chi connectivity index (χ2n) is 20.0. The van der Waals surface area contributed by atoms with Crippen molar-refractivity contribution in [2.45, 2.75) is 246 Å². The standard InChI is InChI=1S/C57H110N2O6S/c1-7-11-15-17-18-25-40-59(43-49-63-46-27-20-26-44-62-45-28-21-30-48-65-57(61)54-38-41-58(6)42-39-54)56(60)55(51-66-50-31-16-12-8-2)64-47-29-19-24-33-52(5)34-32-37-53(35-22-13-9-3)36-23-14-10-4/h53-55H,5,7-51H2,1-4,6H3. The Balaban J connectivity index is 2.45. The van der Waals surface area contributed by atoms with Gasteiger partial charge in [-0.3, -0.25) is 9.59 Å². The Kier molecular flexibility index (Phi) is 45.3. The van der Waals surface area contributed by atoms with Crippen molar-refractivity contribution in [1.82, 2.24) is 9.80 Å². The molecule has 0 saturated carbocycles. The predicted octanol–water partition coefficient (Wildman–Crippen LogP) is 15.2. The summed E-state index contributed by atoms with van der Waals surface area (Å²) in [5.41, 5.74) is 1.42. The van der Waals surface area contributed by atoms with Crippen LogP contribution in [0.4, 0.5) is 0 Å². The number of carbonyl (C=O) groups is 2. The SMILES string of the molecule is C=C(CCCCCOC(CSCCCCCC)C(=O)N(CCCCCCCC)CCOCCCCCOCCCCCOC(=O)C1CCN(C)CC1)CCCC(CCCCC)CCCCC. The van der Waals surface area contributed by atoms with Crippen molar-refractivity contribution in [1.29, 1.82) is 0 Å². The zero-order chi connectivity index (χ0) is 48.0. The Morgan fingerprint density at radius 1 is 0.576 bits per heavy atom. The van der Waals surface area contributed by atoms with Crippen LogP contribution in [0.3, 0.4) is 0 Å². The van der Waals surface area contributed by atoms with Gasteiger partial charge in [0.1, 0.15) is 6.10 Å². The highest BCUT2D eigenvalue weighted by Gasteiger charge is 2.26. The molecule has 1 saturated heterocycles. The van der Waals surface area contributed by atoms with Crippen molar-refractivity contribution in [2.24, 2.45) is 11.8 Å². The highest BCUT2D eigenvalue weighted by molar-refractivity contribution is 7.99. The first-order valence-electron chi connectivity index (χ1n) is 28.5. The van der Waals surface area contributed by atoms with Crippen LogP contribution in [0, 0.1) is 11.8 Å². The molecule has 0 bridgehead atoms. The number of esters is 1. The molecule has 1 heterocycles. The van der Waals surface area contributed by atoms with Gasteiger partial charge in [-0.1, -0.05) is 155 Å². The Hall–Kier alpha value is -1.13. The first-order chi connectivity index (χ1) is 32.4. The fourth-order valence-corrected chi connectivity index (χ4v) is 10.1. The Labute approximate surface area is 414 Å². The van der Waals surface area contributed by atoms with Crippen molar-refractivity contribution < 1.29 is 28.5 Å². The molecule has 1 amide bonds. The summed E-state index contributed by atoms with van der Waals surface area (Å²) in [5.74, 6) is 2.98. The zero-order valence-electron chi connectivity index (χ0n) is 44.5. The van der Waals surface area contributed by atoms with Crippen LogP contribution in [0.5, 0.6) is 0 Å². The van der Waals surface area contributed by atoms with E-state index < -0.39 is 0 Å². The molecule has 0 radical (unpaired) electrons. The first kappa shape index (κ1) is 62.9. The first-order valence-corrected chi connectivity index (χ1v) is 29.7. The van der Waals surface area contributed by atoms with Crippen molar-refractivity contribution in [3.8, 4) is 0 Å². The number of hydrogen-bond donors (Lipinski definition) is 0. The van der Waals surface area contributed by atoms with Crippen LogP contribution < -0.4 is 0 Å². The molecule has 1 fully saturated rings. The summed E-state index contributed by atoms with van der Waals surface area (Å²) in [6, 6.07) is 0. The van der Waals surface area contributed by atoms with Crippen LogP contribution in [0.2, 0.25) is 0 Å². The molecule has 9 heteroatoms. The largest absolute Gasteiger partial charge is 0.465 e. The quantitative estimate of drug-likeness (QED) is 0.0339. The Bertz CT molecular complexity index is 1080. The molecule has 66 heavy (non-hydrogen) atoms. The molecule has 0 aromatic heterocycles. The van der Waals surface area contributed by atoms with Gasteiger partial charge < -0.3 is 28.7 Å². The fourth-order valence-electron chi connectivity index (χ4n) is 9.06. The molecule has 0 spiro atoms. The van der Waals surface area contributed by atoms with Crippen molar-refractivity contribution in [3.05, 3.63) is 12.2 Å². The molecule has 1 unspecified atom stereocenters. The molecule has 0 aromatic carbocycles. The van der Waals surface area contributed by atoms with Gasteiger partial charge in [0.05, 0.1) is 19.1 Å². The number of allylic oxidation sites excluding steroid dienone is 1. The van der Waals surface area contributed by atoms with E-state index in [1.807, 2.05) is 11.8 Å². The fraction of sp³-hybridized carbons (Fsp3) is 0.930. The van der Waals surface area contributed by atoms with Crippen LogP contribution in [0.25, 0.3) is 0 Å². The van der Waals surface area contributed by atoms with E-state index in [-0.39, 0.29) is 23.9 Å². The number of ether oxygens (including phenoxy) is 4. The number of amides is 1. The summed E-state index contributed by atoms with van der Waals surface area (Å²) in [4.78, 5) is 30.9. The molecule has 8 nitrogen and oxygen atoms in total. The van der Waals surface area contributed by atoms with Crippen LogP contribution in [-0.2, 0) is 28.5 Å². The molecule has 0 aliphatic carbocycles. The lowest BCUT2D eigenvalue weighted by Crippen LogP contribution is -2.44. The molecule has 0 N–H and O–H groups in total. The lowest BCUT2D eigenvalue weighted by molar-refractivity contribution is -0.150. The number of thioether (sulfide) groups is 1. The van der Waals surface area contributed by atoms with E-state index in [1.165, 1.54) is 134 Å². The van der Waals surface area contributed by atoms with Gasteiger partial charge in [-0.25, -0.2) is 0 Å². The maximum Gasteiger partial charge on any atom is 0.309 e. The minimum Gasteiger partial charge on any atom is -0.465 e. The van der Waals surface area contributed by atoms with E-state index in [9.17, 15) is 9.59 Å². The third-order valence-corrected chi connectivity index (χ3v) is 14.8. The third-order valence-electron chi connectivity index (χ3n) is 13.7. The molecule has 0 aromatic rings. The minimum absolute atomic E-state index is 0.00698. The molecule has 1 rings (SSSR count). The van der Waals surface area contributed by atoms with E-state index in [4.69, 9.17) is 18.9 Å². The van der Waals surface area contributed by atoms with E-state index in [1.54, 1.807) is 0 Å². The lowest BCUT2D eigenvalue weighted by Gasteiger charge is -2.28. The van der Waals surface area contributed by atoms with Gasteiger partial charge in [-0.05, 0) is 128 Å². The van der Waals surface area contributed by atoms with Crippen molar-refractivity contribution in [2.75, 3.05) is 84.4 Å². The van der Waals surface area contributed by atoms with Crippen LogP contribution >= 0.6 is 11.8 Å². The lowest BCUT2D eigenvalue weighted by atomic mass is 9.89. The number of rotatable bonds is 50. The number of unbranched alkanes of at least 4 members (excludes halogenated alkanes) is 18. The smallest absolute Gasteiger partial charge is 0.309 e. The number of carbonyl (C=O) groups excluding carboxylic acids is 2. The van der Waals surface area contributed by atoms with E-state index in [0.717, 1.165) is 134 Å². The van der Waals surface area contributed by atoms with E-state index in [0.29, 0.717) is 33.0 Å². The van der Waals surface area contributed by atoms with Gasteiger partial charge in [0.15, 0.2) is 0 Å². The highest BCUT2D eigenvalue weighted by atomic mass is 32.2. The molecule has 1 aliphatic rings. The Morgan fingerprint density at radius 2 is 1.08 bits per heavy atom. The van der Waals surface area contributed by atoms with E-state index in [2.05, 4.69) is 51.1 Å². The minimum atomic E-state index is -0.384. The number of piperidine rings is 1. The highest BCUT2D eigenvalue weighted by Crippen LogP contribution is 2.25. The molecular weight excluding hydrogens is 841 g/mol. The number of nitrogens with zero attached hydrogens (tertiary/aromatic N) is 2. The predicted molar refractivity (Wildman–Crippen MR) is 285 cm³/mol. The van der Waals surface area contributed by atoms with Gasteiger partial charge in [0, 0.05) is 45.3 Å². The van der Waals surface area contributed by atoms with Crippen LogP contribution in [0.15, 0.2) is 12.2 Å². The van der Waals surface area contributed by atoms with Gasteiger partial charge in [0.25, 0.3) is 5.91 Å². The van der Waals surface area contributed by atoms with Gasteiger partial charge >= 0.3 is 5.97 Å². The number of likely N-dealkylation sites (tertiary alicyclic amines) is 1. The maximum absolute atomic E-state index is 14.2. The zero-order valence-corrected chi connectivity index (χ0v) is 45.3. The molecule has 1 aliphatic heterocycles. The van der Waals surface area contributed by atoms with Crippen LogP contribution in [0.1, 0.15) is 240 Å². The normalized spacial score (nSPS) is 14.0. The monoisotopic (exact) mass is 951 g/mol. The Morgan fingerprint density at radius 3 is 1.73 bits per heavy atom. The summed E-state index contributed by atoms with van der Waals surface area (Å²) in [6.45, 7) is 21.0. The average molecular weight is 952 g/mol. The van der Waals surface area contributed by atoms with E-state index >= 15 is 0 Å². The average Bonchev–Trinajstić information content (AvgIpc) is 3.32. The maximum atomic E-state index is 14.2. The second-order valence-corrected chi connectivity index (χ2v) is 21.1. The molecule has 1 atom stereocenters. The molecular formula is C57H110N2O6S. The van der Waals surface area contributed by atoms with Crippen molar-refractivity contribution >= 4 is 23.6 Å². The van der Waals surface area contributed by atoms with Gasteiger partial charge in [-0.15, -0.1) is 0 Å². The summed E-state index contributed by atoms with van der Waals surface area (Å²) in [5, 5.41) is 0. The summed E-state index contributed by atoms with van der Waals surface area (Å²) in [7, 11) is 2.11. The summed E-state index contributed by atoms with van der Waals surface area (Å²) in [6.07, 6.45) is 39.0. The van der Waals surface area contributed by atoms with Gasteiger partial charge in [0.2, 0.25) is 0 Å². The summed E-state index contributed by atoms with van der Waals surface area (Å²) >= 11 is 1.90. The topological polar surface area (TPSA) is 77.5 Å². The van der Waals surface area contributed by atoms with Gasteiger partial charge in [-0.2, -0.15) is 11.8 Å².